The number of hydrogen-bond acceptors (Lipinski definition) is 8. The molecular weight excluding hydrogens is 628 g/mol. The molecule has 2 aliphatic heterocycles. The number of nitrogens with zero attached hydrogens (tertiary/aromatic N) is 3. The molecule has 0 spiro atoms. The van der Waals surface area contributed by atoms with Crippen molar-refractivity contribution in [2.24, 2.45) is 29.6 Å². The van der Waals surface area contributed by atoms with Gasteiger partial charge in [-0.15, -0.1) is 6.58 Å². The van der Waals surface area contributed by atoms with Gasteiger partial charge in [-0.2, -0.15) is 0 Å². The van der Waals surface area contributed by atoms with E-state index in [2.05, 4.69) is 11.9 Å². The van der Waals surface area contributed by atoms with E-state index in [9.17, 15) is 28.8 Å². The molecule has 0 aromatic heterocycles. The molecule has 2 rings (SSSR count). The maximum atomic E-state index is 14.2. The molecule has 4 amide bonds. The predicted octanol–water partition coefficient (Wildman–Crippen LogP) is 3.96. The Morgan fingerprint density at radius 3 is 1.90 bits per heavy atom. The molecule has 2 aliphatic rings. The predicted molar refractivity (Wildman–Crippen MR) is 187 cm³/mol. The average Bonchev–Trinajstić information content (AvgIpc) is 3.53. The molecule has 49 heavy (non-hydrogen) atoms. The first kappa shape index (κ1) is 41.7. The molecular formula is C37H62N4O8. The molecule has 0 saturated carbocycles. The molecule has 2 saturated heterocycles. The van der Waals surface area contributed by atoms with Gasteiger partial charge in [-0.05, 0) is 56.3 Å². The number of nitrogens with one attached hydrogen (secondary N) is 1. The van der Waals surface area contributed by atoms with Crippen molar-refractivity contribution in [1.29, 1.82) is 0 Å². The van der Waals surface area contributed by atoms with E-state index in [4.69, 9.17) is 9.47 Å². The van der Waals surface area contributed by atoms with Gasteiger partial charge in [-0.25, -0.2) is 9.59 Å². The Morgan fingerprint density at radius 1 is 0.837 bits per heavy atom. The number of rotatable bonds is 9. The van der Waals surface area contributed by atoms with Crippen molar-refractivity contribution in [3.05, 3.63) is 12.7 Å². The van der Waals surface area contributed by atoms with E-state index in [1.54, 1.807) is 40.7 Å². The van der Waals surface area contributed by atoms with Gasteiger partial charge in [-0.1, -0.05) is 68.4 Å². The Morgan fingerprint density at radius 2 is 1.39 bits per heavy atom. The minimum absolute atomic E-state index is 0.295. The third-order valence-electron chi connectivity index (χ3n) is 10.1. The van der Waals surface area contributed by atoms with Crippen LogP contribution in [0.15, 0.2) is 12.7 Å². The third-order valence-corrected chi connectivity index (χ3v) is 10.1. The molecule has 12 heteroatoms. The van der Waals surface area contributed by atoms with E-state index in [1.807, 2.05) is 27.7 Å². The molecule has 1 N–H and O–H groups in total. The Balaban J connectivity index is 2.74. The van der Waals surface area contributed by atoms with Gasteiger partial charge in [0.2, 0.25) is 17.7 Å². The first-order valence-electron chi connectivity index (χ1n) is 18.1. The lowest BCUT2D eigenvalue weighted by molar-refractivity contribution is -0.172. The van der Waals surface area contributed by atoms with Crippen molar-refractivity contribution in [1.82, 2.24) is 20.0 Å². The topological polar surface area (TPSA) is 143 Å². The van der Waals surface area contributed by atoms with E-state index in [-0.39, 0.29) is 23.7 Å². The smallest absolute Gasteiger partial charge is 0.329 e. The molecule has 0 unspecified atom stereocenters. The number of carbonyl (C=O) groups excluding carboxylic acids is 6. The number of carbonyl (C=O) groups is 6. The van der Waals surface area contributed by atoms with Gasteiger partial charge in [0, 0.05) is 26.6 Å². The minimum atomic E-state index is -1.19. The summed E-state index contributed by atoms with van der Waals surface area (Å²) in [6.07, 6.45) is 2.79. The number of amides is 4. The van der Waals surface area contributed by atoms with Crippen LogP contribution in [0.2, 0.25) is 0 Å². The van der Waals surface area contributed by atoms with Crippen molar-refractivity contribution in [3.8, 4) is 0 Å². The van der Waals surface area contributed by atoms with Gasteiger partial charge >= 0.3 is 11.9 Å². The van der Waals surface area contributed by atoms with Crippen molar-refractivity contribution in [3.63, 3.8) is 0 Å². The molecule has 0 aromatic rings. The lowest BCUT2D eigenvalue weighted by atomic mass is 9.95. The number of fused-ring (bicyclic) bond motifs is 1. The summed E-state index contributed by atoms with van der Waals surface area (Å²) in [4.78, 5) is 88.1. The summed E-state index contributed by atoms with van der Waals surface area (Å²) in [6.45, 7) is 20.2. The molecule has 0 aromatic carbocycles. The lowest BCUT2D eigenvalue weighted by Crippen LogP contribution is -2.58. The van der Waals surface area contributed by atoms with Crippen LogP contribution in [-0.2, 0) is 38.2 Å². The van der Waals surface area contributed by atoms with Crippen LogP contribution in [0.4, 0.5) is 0 Å². The zero-order valence-corrected chi connectivity index (χ0v) is 31.7. The second kappa shape index (κ2) is 18.5. The molecule has 0 radical (unpaired) electrons. The van der Waals surface area contributed by atoms with Crippen LogP contribution in [0.1, 0.15) is 101 Å². The Labute approximate surface area is 293 Å². The molecule has 12 nitrogen and oxygen atoms in total. The van der Waals surface area contributed by atoms with Crippen molar-refractivity contribution < 1.29 is 38.2 Å². The number of allylic oxidation sites excluding steroid dienone is 1. The number of cyclic esters (lactones) is 2. The first-order valence-corrected chi connectivity index (χ1v) is 18.1. The number of ether oxygens (including phenoxy) is 2. The van der Waals surface area contributed by atoms with Crippen LogP contribution < -0.4 is 5.32 Å². The average molecular weight is 691 g/mol. The van der Waals surface area contributed by atoms with Gasteiger partial charge in [0.1, 0.15) is 30.3 Å². The fraction of sp³-hybridized carbons (Fsp3) is 0.784. The summed E-state index contributed by atoms with van der Waals surface area (Å²) >= 11 is 0. The summed E-state index contributed by atoms with van der Waals surface area (Å²) < 4.78 is 12.1. The number of unbranched alkanes of at least 4 members (excludes halogenated alkanes) is 1. The molecule has 278 valence electrons. The normalized spacial score (nSPS) is 29.3. The number of hydrogen-bond donors (Lipinski definition) is 1. The Hall–Kier alpha value is -3.44. The molecule has 0 aliphatic carbocycles. The second-order valence-corrected chi connectivity index (χ2v) is 14.9. The summed E-state index contributed by atoms with van der Waals surface area (Å²) in [5.74, 6) is -5.53. The van der Waals surface area contributed by atoms with Gasteiger partial charge < -0.3 is 29.5 Å². The Bertz CT molecular complexity index is 1200. The lowest BCUT2D eigenvalue weighted by Gasteiger charge is -2.37. The summed E-state index contributed by atoms with van der Waals surface area (Å²) in [7, 11) is 3.04. The van der Waals surface area contributed by atoms with Crippen molar-refractivity contribution in [2.45, 2.75) is 137 Å². The van der Waals surface area contributed by atoms with Gasteiger partial charge in [-0.3, -0.25) is 19.2 Å². The Kier molecular flexibility index (Phi) is 15.8. The molecule has 8 atom stereocenters. The van der Waals surface area contributed by atoms with Crippen LogP contribution in [-0.4, -0.2) is 107 Å². The number of esters is 2. The van der Waals surface area contributed by atoms with Crippen LogP contribution in [0.25, 0.3) is 0 Å². The highest BCUT2D eigenvalue weighted by atomic mass is 16.6. The summed E-state index contributed by atoms with van der Waals surface area (Å²) in [6, 6.07) is -3.89. The molecule has 2 fully saturated rings. The van der Waals surface area contributed by atoms with Crippen LogP contribution in [0.3, 0.4) is 0 Å². The van der Waals surface area contributed by atoms with E-state index < -0.39 is 77.9 Å². The molecule has 2 heterocycles. The largest absolute Gasteiger partial charge is 0.460 e. The highest BCUT2D eigenvalue weighted by Crippen LogP contribution is 2.28. The highest BCUT2D eigenvalue weighted by molar-refractivity contribution is 5.95. The fourth-order valence-electron chi connectivity index (χ4n) is 6.81. The number of likely N-dealkylation sites (N-methyl/N-ethyl adjacent to an activating group) is 2. The monoisotopic (exact) mass is 690 g/mol. The maximum absolute atomic E-state index is 14.2. The van der Waals surface area contributed by atoms with Gasteiger partial charge in [0.05, 0.1) is 5.92 Å². The van der Waals surface area contributed by atoms with Crippen LogP contribution >= 0.6 is 0 Å². The summed E-state index contributed by atoms with van der Waals surface area (Å²) in [5.41, 5.74) is 0. The zero-order valence-electron chi connectivity index (χ0n) is 31.7. The van der Waals surface area contributed by atoms with Crippen LogP contribution in [0, 0.1) is 29.6 Å². The van der Waals surface area contributed by atoms with Crippen molar-refractivity contribution >= 4 is 35.6 Å². The maximum Gasteiger partial charge on any atom is 0.329 e. The van der Waals surface area contributed by atoms with E-state index >= 15 is 0 Å². The third kappa shape index (κ3) is 10.1. The fourth-order valence-corrected chi connectivity index (χ4v) is 6.81. The first-order chi connectivity index (χ1) is 22.9. The quantitative estimate of drug-likeness (QED) is 0.218. The minimum Gasteiger partial charge on any atom is -0.460 e. The SMILES string of the molecule is C=CCCC[C@H]1OC(=O)[C@H](C(C)C)N(C)C(=O)[C@@H]2CCCN2C(=O)[C@H]([C@@H](C)CC)OC(=O)[C@H](C(C)C)N(C)C(=O)[C@H](C(C)C)NC(=O)[C@H]1C. The highest BCUT2D eigenvalue weighted by Gasteiger charge is 2.46. The van der Waals surface area contributed by atoms with Crippen molar-refractivity contribution in [2.75, 3.05) is 20.6 Å². The van der Waals surface area contributed by atoms with Gasteiger partial charge in [0.15, 0.2) is 6.10 Å². The van der Waals surface area contributed by atoms with Crippen LogP contribution in [0.5, 0.6) is 0 Å². The molecule has 0 bridgehead atoms. The summed E-state index contributed by atoms with van der Waals surface area (Å²) in [5, 5.41) is 2.87. The van der Waals surface area contributed by atoms with E-state index in [0.717, 1.165) is 0 Å². The van der Waals surface area contributed by atoms with E-state index in [1.165, 1.54) is 28.8 Å². The zero-order chi connectivity index (χ0) is 37.3. The van der Waals surface area contributed by atoms with Gasteiger partial charge in [0.25, 0.3) is 5.91 Å². The second-order valence-electron chi connectivity index (χ2n) is 14.9. The van der Waals surface area contributed by atoms with E-state index in [0.29, 0.717) is 45.1 Å². The standard InChI is InChI=1S/C37H62N4O8/c1-13-15-16-19-27-25(10)32(42)38-28(21(3)4)34(44)40(12)30(23(7)8)37(47)49-31(24(9)14-2)35(45)41-20-17-18-26(41)33(43)39(11)29(22(5)6)36(46)48-27/h13,21-31H,1,14-20H2,2-12H3,(H,38,42)/t24-,25-,26-,27+,28-,29-,30-,31-/m0/s1.